The number of hydrogen-bond donors (Lipinski definition) is 8. The van der Waals surface area contributed by atoms with Crippen molar-refractivity contribution in [3.8, 4) is 11.8 Å². The molecule has 0 radical (unpaired) electrons. The largest absolute Gasteiger partial charge is 0.737 e. The number of anilines is 1. The zero-order valence-electron chi connectivity index (χ0n) is 43.0. The molecule has 1 aliphatic carbocycles. The van der Waals surface area contributed by atoms with Gasteiger partial charge in [-0.25, -0.2) is 18.5 Å². The summed E-state index contributed by atoms with van der Waals surface area (Å²) in [6.45, 7) is 4.50. The second kappa shape index (κ2) is 25.2. The lowest BCUT2D eigenvalue weighted by atomic mass is 9.90. The summed E-state index contributed by atoms with van der Waals surface area (Å²) in [5.74, 6) is 4.50. The molecule has 1 fully saturated rings. The van der Waals surface area contributed by atoms with Gasteiger partial charge in [0.05, 0.1) is 30.5 Å². The number of ether oxygens (including phenoxy) is 2. The summed E-state index contributed by atoms with van der Waals surface area (Å²) in [7, 11) is -14.1. The van der Waals surface area contributed by atoms with Crippen LogP contribution in [0.4, 0.5) is 20.1 Å². The lowest BCUT2D eigenvalue weighted by molar-refractivity contribution is -0.362. The molecule has 0 saturated carbocycles. The molecule has 79 heavy (non-hydrogen) atoms. The molecule has 0 spiro atoms. The Kier molecular flexibility index (Phi) is 19.6. The summed E-state index contributed by atoms with van der Waals surface area (Å²) in [5, 5.41) is 24.7. The first-order chi connectivity index (χ1) is 37.0. The predicted molar refractivity (Wildman–Crippen MR) is 290 cm³/mol. The third-order valence-electron chi connectivity index (χ3n) is 12.0. The molecule has 2 aromatic heterocycles. The Labute approximate surface area is 459 Å². The minimum absolute atomic E-state index is 0.0140. The number of carbonyl (C=O) groups is 2. The predicted octanol–water partition coefficient (Wildman–Crippen LogP) is 6.99. The zero-order chi connectivity index (χ0) is 57.7. The van der Waals surface area contributed by atoms with E-state index in [1.165, 1.54) is 39.9 Å². The Bertz CT molecular complexity index is 3330. The van der Waals surface area contributed by atoms with Gasteiger partial charge in [0.2, 0.25) is 5.91 Å². The second-order valence-electron chi connectivity index (χ2n) is 19.1. The number of phosphoric ester groups is 1. The smallest absolute Gasteiger partial charge is 0.510 e. The number of nitrogens with one attached hydrogen (secondary N) is 2. The van der Waals surface area contributed by atoms with E-state index < -0.39 is 73.1 Å². The Morgan fingerprint density at radius 3 is 2.48 bits per heavy atom. The molecule has 5 heterocycles. The first-order valence-corrected chi connectivity index (χ1v) is 31.0. The van der Waals surface area contributed by atoms with Crippen LogP contribution in [0.25, 0.3) is 6.08 Å². The van der Waals surface area contributed by atoms with Gasteiger partial charge in [-0.1, -0.05) is 60.3 Å². The van der Waals surface area contributed by atoms with Crippen molar-refractivity contribution in [2.45, 2.75) is 95.9 Å². The van der Waals surface area contributed by atoms with Crippen molar-refractivity contribution in [2.24, 2.45) is 10.2 Å². The van der Waals surface area contributed by atoms with Crippen LogP contribution in [0.15, 0.2) is 92.9 Å². The number of fused-ring (bicyclic) bond motifs is 2. The van der Waals surface area contributed by atoms with Crippen LogP contribution in [-0.4, -0.2) is 116 Å². The molecular weight excluding hydrogens is 1140 g/mol. The lowest BCUT2D eigenvalue weighted by Gasteiger charge is -2.30. The molecule has 7 rings (SSSR count). The number of amides is 2. The highest BCUT2D eigenvalue weighted by atomic mass is 33.1. The Morgan fingerprint density at radius 2 is 1.78 bits per heavy atom. The number of aliphatic hydroxyl groups is 1. The number of nitrogens with two attached hydrogens (primary N) is 1. The third kappa shape index (κ3) is 16.6. The second-order valence-corrected chi connectivity index (χ2v) is 26.6. The Hall–Kier alpha value is -5.34. The van der Waals surface area contributed by atoms with Crippen LogP contribution in [0.1, 0.15) is 92.0 Å². The minimum Gasteiger partial charge on any atom is -0.510 e. The highest BCUT2D eigenvalue weighted by molar-refractivity contribution is 8.77. The molecule has 3 aliphatic heterocycles. The minimum atomic E-state index is -5.80. The van der Waals surface area contributed by atoms with E-state index in [-0.39, 0.29) is 71.6 Å². The van der Waals surface area contributed by atoms with Crippen molar-refractivity contribution >= 4 is 87.1 Å². The van der Waals surface area contributed by atoms with E-state index in [2.05, 4.69) is 46.3 Å². The van der Waals surface area contributed by atoms with Crippen molar-refractivity contribution in [2.75, 3.05) is 31.4 Å². The van der Waals surface area contributed by atoms with E-state index in [0.717, 1.165) is 24.7 Å². The molecule has 33 heteroatoms. The standard InChI is InChI=1S/C46H57BF2N9O16P3S2/c1-28-21-29(2)57-37(28)23-35-14-13-34(58(35)47(57,48)49)15-17-41(60)51-20-18-30-8-16-36(38(59)22-30)55-54-33-11-9-31(10-12-33)44(61)52-19-6-7-32-25-56(45(62)53-43(32)50)42-24-39(70-27-78-79-46(3,4)5)40(72-42)26-71-76(66,67)74-77(68,69)73-75(63,64)65/h8-14,21-23,25,36,39-40,42,59H,15-20,24,26-27H2,1-5H3,(H,51,60)(H,52,61)(H,66,67)(H,68,69)(H2,50,53,62)(H2,63,64,65)/t36?,39?,40-,42-/m1/s1. The van der Waals surface area contributed by atoms with Gasteiger partial charge in [-0.3, -0.25) is 18.7 Å². The molecule has 6 atom stereocenters. The van der Waals surface area contributed by atoms with Crippen molar-refractivity contribution in [1.29, 1.82) is 0 Å². The number of azo groups is 1. The van der Waals surface area contributed by atoms with E-state index in [1.54, 1.807) is 56.4 Å². The summed E-state index contributed by atoms with van der Waals surface area (Å²) in [6, 6.07) is 7.20. The number of phosphoric acid groups is 3. The highest BCUT2D eigenvalue weighted by Gasteiger charge is 2.52. The topological polar surface area (TPSA) is 350 Å². The zero-order valence-corrected chi connectivity index (χ0v) is 47.3. The molecule has 1 aromatic carbocycles. The number of aryl methyl sites for hydroxylation is 2. The van der Waals surface area contributed by atoms with Crippen molar-refractivity contribution < 1.29 is 83.7 Å². The van der Waals surface area contributed by atoms with Crippen LogP contribution in [0.2, 0.25) is 0 Å². The summed E-state index contributed by atoms with van der Waals surface area (Å²) in [4.78, 5) is 79.9. The van der Waals surface area contributed by atoms with E-state index in [0.29, 0.717) is 41.3 Å². The number of rotatable bonds is 22. The van der Waals surface area contributed by atoms with Gasteiger partial charge in [0.15, 0.2) is 5.70 Å². The number of benzene rings is 1. The van der Waals surface area contributed by atoms with Gasteiger partial charge in [0, 0.05) is 66.2 Å². The summed E-state index contributed by atoms with van der Waals surface area (Å²) in [5.41, 5.74) is 9.11. The van der Waals surface area contributed by atoms with Gasteiger partial charge in [0.25, 0.3) is 5.91 Å². The van der Waals surface area contributed by atoms with Gasteiger partial charge in [0.1, 0.15) is 41.6 Å². The molecular formula is C46H57BF2N9O16P3S2. The molecule has 2 amide bonds. The quantitative estimate of drug-likeness (QED) is 0.00955. The average Bonchev–Trinajstić information content (AvgIpc) is 4.29. The maximum atomic E-state index is 15.7. The fourth-order valence-electron chi connectivity index (χ4n) is 8.53. The molecule has 1 saturated heterocycles. The maximum absolute atomic E-state index is 15.7. The van der Waals surface area contributed by atoms with Gasteiger partial charge >= 0.3 is 36.1 Å². The summed E-state index contributed by atoms with van der Waals surface area (Å²) in [6.07, 6.45) is 7.22. The monoisotopic (exact) mass is 1200 g/mol. The highest BCUT2D eigenvalue weighted by Crippen LogP contribution is 2.66. The molecule has 426 valence electrons. The average molecular weight is 1200 g/mol. The number of carbonyl (C=O) groups excluding carboxylic acids is 2. The Morgan fingerprint density at radius 1 is 1.05 bits per heavy atom. The van der Waals surface area contributed by atoms with E-state index in [4.69, 9.17) is 29.5 Å². The normalized spacial score (nSPS) is 21.3. The van der Waals surface area contributed by atoms with E-state index >= 15 is 8.63 Å². The van der Waals surface area contributed by atoms with Crippen LogP contribution < -0.4 is 22.1 Å². The van der Waals surface area contributed by atoms with Gasteiger partial charge in [-0.15, -0.1) is 0 Å². The molecule has 0 bridgehead atoms. The van der Waals surface area contributed by atoms with Crippen LogP contribution in [0.5, 0.6) is 0 Å². The van der Waals surface area contributed by atoms with Gasteiger partial charge in [-0.2, -0.15) is 23.8 Å². The summed E-state index contributed by atoms with van der Waals surface area (Å²) >= 11 is 0. The molecule has 9 N–H and O–H groups in total. The van der Waals surface area contributed by atoms with Crippen LogP contribution in [0.3, 0.4) is 0 Å². The van der Waals surface area contributed by atoms with Crippen molar-refractivity contribution in [3.05, 3.63) is 116 Å². The van der Waals surface area contributed by atoms with Crippen LogP contribution >= 0.6 is 45.1 Å². The van der Waals surface area contributed by atoms with Crippen molar-refractivity contribution in [1.82, 2.24) is 24.7 Å². The number of allylic oxidation sites excluding steroid dienone is 3. The van der Waals surface area contributed by atoms with Crippen molar-refractivity contribution in [3.63, 3.8) is 0 Å². The van der Waals surface area contributed by atoms with E-state index in [1.807, 2.05) is 26.8 Å². The maximum Gasteiger partial charge on any atom is 0.737 e. The third-order valence-corrected chi connectivity index (χ3v) is 18.8. The number of aromatic nitrogens is 3. The Balaban J connectivity index is 0.866. The SMILES string of the molecule is Cc1cc(C)n2c1C=C1C=CC(CCC(=O)NCCC3=CCC(N=Nc4ccc(C(=O)NCC#Cc5cn([C@H]6CC(OCSSC(C)(C)C)[C@@H](COP(=O)(O)OP(=O)(O)OP(=O)(O)O)O6)c(=O)nc5N)cc4)C(O)=C3)=[N+]1[B-]2(F)F. The van der Waals surface area contributed by atoms with Crippen LogP contribution in [0, 0.1) is 25.7 Å². The first-order valence-electron chi connectivity index (χ1n) is 24.1. The van der Waals surface area contributed by atoms with Crippen LogP contribution in [-0.2, 0) is 41.1 Å². The first kappa shape index (κ1) is 61.3. The molecule has 4 aliphatic rings. The molecule has 4 unspecified atom stereocenters. The fourth-order valence-corrected chi connectivity index (χ4v) is 13.6. The van der Waals surface area contributed by atoms with Gasteiger partial charge < -0.3 is 68.1 Å². The fraction of sp³-hybridized carbons (Fsp3) is 0.413. The molecule has 3 aromatic rings. The number of nitrogen functional groups attached to an aromatic ring is 1. The van der Waals surface area contributed by atoms with E-state index in [9.17, 15) is 43.0 Å². The summed E-state index contributed by atoms with van der Waals surface area (Å²) < 4.78 is 94.1. The number of aliphatic hydroxyl groups excluding tert-OH is 1. The molecule has 25 nitrogen and oxygen atoms in total. The number of hydrogen-bond acceptors (Lipinski definition) is 18. The lowest BCUT2D eigenvalue weighted by Crippen LogP contribution is -2.50. The number of halogens is 2. The number of nitrogens with zero attached hydrogens (tertiary/aromatic N) is 6. The van der Waals surface area contributed by atoms with Gasteiger partial charge in [-0.05, 0) is 79.9 Å².